The van der Waals surface area contributed by atoms with Gasteiger partial charge in [-0.15, -0.1) is 22.7 Å². The van der Waals surface area contributed by atoms with Crippen molar-refractivity contribution in [3.63, 3.8) is 0 Å². The average Bonchev–Trinajstić information content (AvgIpc) is 3.20. The first-order chi connectivity index (χ1) is 10.8. The second kappa shape index (κ2) is 6.58. The highest BCUT2D eigenvalue weighted by Gasteiger charge is 2.36. The first-order valence-electron chi connectivity index (χ1n) is 7.59. The molecule has 0 amide bonds. The average molecular weight is 474 g/mol. The summed E-state index contributed by atoms with van der Waals surface area (Å²) in [5.74, 6) is 1.48. The van der Waals surface area contributed by atoms with Crippen molar-refractivity contribution in [2.45, 2.75) is 39.5 Å². The number of hydrogen-bond acceptors (Lipinski definition) is 3. The van der Waals surface area contributed by atoms with Crippen LogP contribution >= 0.6 is 54.5 Å². The predicted octanol–water partition coefficient (Wildman–Crippen LogP) is 7.48. The van der Waals surface area contributed by atoms with Gasteiger partial charge in [0.25, 0.3) is 0 Å². The van der Waals surface area contributed by atoms with Crippen LogP contribution in [0.4, 0.5) is 0 Å². The van der Waals surface area contributed by atoms with Crippen molar-refractivity contribution in [3.8, 4) is 0 Å². The maximum atomic E-state index is 11.6. The summed E-state index contributed by atoms with van der Waals surface area (Å²) in [4.78, 5) is 14.0. The zero-order valence-electron chi connectivity index (χ0n) is 13.4. The van der Waals surface area contributed by atoms with E-state index in [0.717, 1.165) is 9.35 Å². The van der Waals surface area contributed by atoms with Crippen molar-refractivity contribution in [2.75, 3.05) is 0 Å². The Hall–Kier alpha value is -0.230. The van der Waals surface area contributed by atoms with Crippen molar-refractivity contribution in [2.24, 2.45) is 5.92 Å². The third-order valence-electron chi connectivity index (χ3n) is 4.91. The molecule has 0 spiro atoms. The Balaban J connectivity index is 0.000000136. The lowest BCUT2D eigenvalue weighted by Crippen LogP contribution is -2.06. The van der Waals surface area contributed by atoms with Gasteiger partial charge in [-0.2, -0.15) is 0 Å². The van der Waals surface area contributed by atoms with E-state index in [0.29, 0.717) is 17.6 Å². The van der Waals surface area contributed by atoms with Crippen LogP contribution in [0.3, 0.4) is 0 Å². The highest BCUT2D eigenvalue weighted by atomic mass is 79.9. The van der Waals surface area contributed by atoms with Crippen LogP contribution in [0.5, 0.6) is 0 Å². The van der Waals surface area contributed by atoms with Gasteiger partial charge in [-0.1, -0.05) is 26.3 Å². The van der Waals surface area contributed by atoms with E-state index in [9.17, 15) is 4.79 Å². The Morgan fingerprint density at radius 1 is 0.957 bits per heavy atom. The Morgan fingerprint density at radius 3 is 2.17 bits per heavy atom. The first kappa shape index (κ1) is 17.6. The van der Waals surface area contributed by atoms with E-state index in [1.165, 1.54) is 26.0 Å². The quantitative estimate of drug-likeness (QED) is 0.387. The fourth-order valence-corrected chi connectivity index (χ4v) is 7.13. The zero-order valence-corrected chi connectivity index (χ0v) is 18.2. The lowest BCUT2D eigenvalue weighted by molar-refractivity contribution is 0.0940. The third kappa shape index (κ3) is 2.94. The van der Waals surface area contributed by atoms with Crippen LogP contribution < -0.4 is 0 Å². The molecule has 4 rings (SSSR count). The minimum Gasteiger partial charge on any atom is -0.293 e. The van der Waals surface area contributed by atoms with Crippen LogP contribution in [-0.4, -0.2) is 5.78 Å². The lowest BCUT2D eigenvalue weighted by Gasteiger charge is -2.07. The normalized spacial score (nSPS) is 24.9. The molecule has 2 aliphatic carbocycles. The molecule has 0 radical (unpaired) electrons. The highest BCUT2D eigenvalue weighted by Crippen LogP contribution is 2.45. The largest absolute Gasteiger partial charge is 0.293 e. The SMILES string of the molecule is CC1=Cc2scc(Br)c2C1C.CC1C(=O)c2scc(Br)c2C1C. The molecule has 2 aromatic rings. The van der Waals surface area contributed by atoms with Crippen LogP contribution in [-0.2, 0) is 0 Å². The highest BCUT2D eigenvalue weighted by molar-refractivity contribution is 9.10. The van der Waals surface area contributed by atoms with E-state index < -0.39 is 0 Å². The molecule has 3 atom stereocenters. The number of Topliss-reactive ketones (excluding diaryl/α,β-unsaturated/α-hetero) is 1. The standard InChI is InChI=1S/C9H9BrOS.C9H9BrS/c1-4-5(2)8(11)9-7(4)6(10)3-12-9;1-5-3-8-9(6(5)2)7(10)4-11-8/h3-5H,1-2H3;3-4,6H,1-2H3. The molecule has 2 aliphatic rings. The molecule has 0 saturated carbocycles. The number of allylic oxidation sites excluding steroid dienone is 1. The van der Waals surface area contributed by atoms with E-state index in [2.05, 4.69) is 64.1 Å². The van der Waals surface area contributed by atoms with Gasteiger partial charge in [-0.3, -0.25) is 4.79 Å². The van der Waals surface area contributed by atoms with Gasteiger partial charge in [0.1, 0.15) is 0 Å². The monoisotopic (exact) mass is 472 g/mol. The van der Waals surface area contributed by atoms with E-state index in [1.807, 2.05) is 23.6 Å². The predicted molar refractivity (Wildman–Crippen MR) is 108 cm³/mol. The fraction of sp³-hybridized carbons (Fsp3) is 0.389. The fourth-order valence-electron chi connectivity index (χ4n) is 3.10. The Morgan fingerprint density at radius 2 is 1.57 bits per heavy atom. The summed E-state index contributed by atoms with van der Waals surface area (Å²) in [7, 11) is 0. The second-order valence-electron chi connectivity index (χ2n) is 6.24. The molecule has 0 fully saturated rings. The molecule has 0 saturated heterocycles. The molecule has 0 aromatic carbocycles. The van der Waals surface area contributed by atoms with Gasteiger partial charge >= 0.3 is 0 Å². The number of rotatable bonds is 0. The van der Waals surface area contributed by atoms with E-state index in [-0.39, 0.29) is 5.92 Å². The summed E-state index contributed by atoms with van der Waals surface area (Å²) in [5.41, 5.74) is 4.18. The molecule has 5 heteroatoms. The first-order valence-corrected chi connectivity index (χ1v) is 10.9. The molecule has 0 N–H and O–H groups in total. The van der Waals surface area contributed by atoms with Crippen LogP contribution in [0.15, 0.2) is 25.3 Å². The van der Waals surface area contributed by atoms with Crippen LogP contribution in [0.25, 0.3) is 6.08 Å². The molecule has 23 heavy (non-hydrogen) atoms. The van der Waals surface area contributed by atoms with Gasteiger partial charge in [-0.05, 0) is 61.9 Å². The van der Waals surface area contributed by atoms with Crippen molar-refractivity contribution < 1.29 is 4.79 Å². The van der Waals surface area contributed by atoms with E-state index in [1.54, 1.807) is 11.3 Å². The minimum absolute atomic E-state index is 0.170. The summed E-state index contributed by atoms with van der Waals surface area (Å²) >= 11 is 10.4. The number of halogens is 2. The molecule has 0 bridgehead atoms. The van der Waals surface area contributed by atoms with Gasteiger partial charge in [0.05, 0.1) is 4.88 Å². The van der Waals surface area contributed by atoms with Crippen molar-refractivity contribution in [1.82, 2.24) is 0 Å². The summed E-state index contributed by atoms with van der Waals surface area (Å²) in [6.07, 6.45) is 2.29. The molecular weight excluding hydrogens is 456 g/mol. The molecule has 1 nitrogen and oxygen atoms in total. The minimum atomic E-state index is 0.170. The second-order valence-corrected chi connectivity index (χ2v) is 9.74. The van der Waals surface area contributed by atoms with Crippen molar-refractivity contribution in [1.29, 1.82) is 0 Å². The number of thiophene rings is 2. The number of hydrogen-bond donors (Lipinski definition) is 0. The number of fused-ring (bicyclic) bond motifs is 2. The Kier molecular flexibility index (Phi) is 5.03. The topological polar surface area (TPSA) is 17.1 Å². The lowest BCUT2D eigenvalue weighted by atomic mass is 9.97. The Bertz CT molecular complexity index is 800. The smallest absolute Gasteiger partial charge is 0.176 e. The van der Waals surface area contributed by atoms with Gasteiger partial charge in [0.15, 0.2) is 5.78 Å². The Labute approximate surface area is 162 Å². The summed E-state index contributed by atoms with van der Waals surface area (Å²) in [5, 5.41) is 4.18. The number of carbonyl (C=O) groups is 1. The molecule has 0 aliphatic heterocycles. The molecule has 122 valence electrons. The van der Waals surface area contributed by atoms with E-state index >= 15 is 0 Å². The zero-order chi connectivity index (χ0) is 16.9. The van der Waals surface area contributed by atoms with Gasteiger partial charge in [-0.25, -0.2) is 0 Å². The van der Waals surface area contributed by atoms with Crippen molar-refractivity contribution in [3.05, 3.63) is 46.2 Å². The maximum Gasteiger partial charge on any atom is 0.176 e. The molecule has 2 aromatic heterocycles. The van der Waals surface area contributed by atoms with Gasteiger partial charge in [0.2, 0.25) is 0 Å². The van der Waals surface area contributed by atoms with Crippen molar-refractivity contribution >= 4 is 66.4 Å². The molecule has 3 unspecified atom stereocenters. The van der Waals surface area contributed by atoms with Crippen LogP contribution in [0.1, 0.15) is 65.2 Å². The summed E-state index contributed by atoms with van der Waals surface area (Å²) in [6.45, 7) is 8.58. The number of ketones is 1. The molecular formula is C18H18Br2OS2. The van der Waals surface area contributed by atoms with E-state index in [4.69, 9.17) is 0 Å². The third-order valence-corrected chi connectivity index (χ3v) is 8.79. The van der Waals surface area contributed by atoms with Gasteiger partial charge in [0, 0.05) is 36.4 Å². The summed E-state index contributed by atoms with van der Waals surface area (Å²) in [6, 6.07) is 0. The van der Waals surface area contributed by atoms with Gasteiger partial charge < -0.3 is 0 Å². The van der Waals surface area contributed by atoms with Crippen LogP contribution in [0, 0.1) is 5.92 Å². The molecule has 2 heterocycles. The van der Waals surface area contributed by atoms with Crippen LogP contribution in [0.2, 0.25) is 0 Å². The number of carbonyl (C=O) groups excluding carboxylic acids is 1. The maximum absolute atomic E-state index is 11.6. The summed E-state index contributed by atoms with van der Waals surface area (Å²) < 4.78 is 2.38.